The van der Waals surface area contributed by atoms with E-state index in [2.05, 4.69) is 5.32 Å². The van der Waals surface area contributed by atoms with Crippen LogP contribution in [0, 0.1) is 12.8 Å². The summed E-state index contributed by atoms with van der Waals surface area (Å²) in [5.41, 5.74) is 1.64. The number of nitrogens with one attached hydrogen (secondary N) is 1. The molecule has 1 N–H and O–H groups in total. The highest BCUT2D eigenvalue weighted by Gasteiger charge is 2.26. The van der Waals surface area contributed by atoms with Gasteiger partial charge in [0.1, 0.15) is 5.75 Å². The number of nitrogens with zero attached hydrogens (tertiary/aromatic N) is 2. The topological polar surface area (TPSA) is 61.9 Å². The van der Waals surface area contributed by atoms with Gasteiger partial charge in [-0.3, -0.25) is 9.59 Å². The second-order valence-corrected chi connectivity index (χ2v) is 6.93. The van der Waals surface area contributed by atoms with Crippen LogP contribution in [0.5, 0.6) is 5.75 Å². The molecule has 1 saturated heterocycles. The van der Waals surface area contributed by atoms with E-state index < -0.39 is 0 Å². The Morgan fingerprint density at radius 1 is 1.15 bits per heavy atom. The molecule has 7 heteroatoms. The van der Waals surface area contributed by atoms with Crippen molar-refractivity contribution in [1.29, 1.82) is 0 Å². The highest BCUT2D eigenvalue weighted by molar-refractivity contribution is 5.95. The number of carbonyl (C=O) groups excluding carboxylic acids is 2. The van der Waals surface area contributed by atoms with Gasteiger partial charge in [-0.2, -0.15) is 0 Å². The van der Waals surface area contributed by atoms with E-state index in [0.29, 0.717) is 38.3 Å². The van der Waals surface area contributed by atoms with Crippen molar-refractivity contribution in [2.24, 2.45) is 5.92 Å². The molecule has 1 aromatic carbocycles. The zero-order chi connectivity index (χ0) is 17.8. The maximum Gasteiger partial charge on any atom is 0.254 e. The quantitative estimate of drug-likeness (QED) is 0.814. The minimum absolute atomic E-state index is 0. The summed E-state index contributed by atoms with van der Waals surface area (Å²) in [6.07, 6.45) is 2.57. The average Bonchev–Trinajstić information content (AvgIpc) is 3.46. The Hall–Kier alpha value is -1.79. The van der Waals surface area contributed by atoms with Crippen LogP contribution in [0.25, 0.3) is 0 Å². The smallest absolute Gasteiger partial charge is 0.254 e. The zero-order valence-electron chi connectivity index (χ0n) is 15.5. The number of rotatable bonds is 6. The fourth-order valence-electron chi connectivity index (χ4n) is 3.11. The number of benzene rings is 1. The summed E-state index contributed by atoms with van der Waals surface area (Å²) in [5, 5.41) is 3.24. The van der Waals surface area contributed by atoms with E-state index in [1.54, 1.807) is 13.2 Å². The molecule has 1 aromatic rings. The number of hydrogen-bond acceptors (Lipinski definition) is 4. The van der Waals surface area contributed by atoms with Crippen LogP contribution < -0.4 is 10.1 Å². The van der Waals surface area contributed by atoms with Gasteiger partial charge in [-0.25, -0.2) is 0 Å². The van der Waals surface area contributed by atoms with Crippen LogP contribution in [-0.2, 0) is 4.79 Å². The van der Waals surface area contributed by atoms with Gasteiger partial charge >= 0.3 is 0 Å². The molecule has 6 nitrogen and oxygen atoms in total. The van der Waals surface area contributed by atoms with Crippen molar-refractivity contribution in [3.63, 3.8) is 0 Å². The Kier molecular flexibility index (Phi) is 7.29. The van der Waals surface area contributed by atoms with Crippen LogP contribution in [0.3, 0.4) is 0 Å². The lowest BCUT2D eigenvalue weighted by Crippen LogP contribution is -2.52. The molecular formula is C19H28ClN3O3. The molecule has 0 atom stereocenters. The number of aryl methyl sites for hydroxylation is 1. The number of carbonyl (C=O) groups is 2. The maximum absolute atomic E-state index is 12.7. The van der Waals surface area contributed by atoms with Crippen molar-refractivity contribution in [1.82, 2.24) is 15.1 Å². The van der Waals surface area contributed by atoms with E-state index in [-0.39, 0.29) is 24.2 Å². The number of piperazine rings is 1. The molecule has 2 amide bonds. The SMILES string of the molecule is COc1cc(C(=O)N2CCN(C(=O)CNCC3CC3)CC2)ccc1C.Cl. The molecule has 0 radical (unpaired) electrons. The molecule has 2 aliphatic rings. The Balaban J connectivity index is 0.00000243. The first-order valence-electron chi connectivity index (χ1n) is 9.01. The molecule has 0 unspecified atom stereocenters. The number of ether oxygens (including phenoxy) is 1. The predicted octanol–water partition coefficient (Wildman–Crippen LogP) is 1.71. The van der Waals surface area contributed by atoms with Crippen molar-refractivity contribution < 1.29 is 14.3 Å². The van der Waals surface area contributed by atoms with Crippen LogP contribution in [0.2, 0.25) is 0 Å². The molecule has 2 fully saturated rings. The van der Waals surface area contributed by atoms with Crippen LogP contribution in [-0.4, -0.2) is 68.0 Å². The molecule has 1 aliphatic carbocycles. The summed E-state index contributed by atoms with van der Waals surface area (Å²) >= 11 is 0. The van der Waals surface area contributed by atoms with Crippen molar-refractivity contribution in [3.05, 3.63) is 29.3 Å². The summed E-state index contributed by atoms with van der Waals surface area (Å²) in [6.45, 7) is 5.64. The first-order valence-corrected chi connectivity index (χ1v) is 9.01. The second kappa shape index (κ2) is 9.24. The Labute approximate surface area is 161 Å². The standard InChI is InChI=1S/C19H27N3O3.ClH/c1-14-3-6-16(11-17(14)25-2)19(24)22-9-7-21(8-10-22)18(23)13-20-12-15-4-5-15;/h3,6,11,15,20H,4-5,7-10,12-13H2,1-2H3;1H. The van der Waals surface area contributed by atoms with Gasteiger partial charge in [0.05, 0.1) is 13.7 Å². The summed E-state index contributed by atoms with van der Waals surface area (Å²) in [7, 11) is 1.61. The van der Waals surface area contributed by atoms with E-state index in [0.717, 1.165) is 23.8 Å². The highest BCUT2D eigenvalue weighted by Crippen LogP contribution is 2.27. The normalized spacial score (nSPS) is 16.8. The summed E-state index contributed by atoms with van der Waals surface area (Å²) in [4.78, 5) is 28.5. The first-order chi connectivity index (χ1) is 12.1. The second-order valence-electron chi connectivity index (χ2n) is 6.93. The molecule has 1 aliphatic heterocycles. The van der Waals surface area contributed by atoms with E-state index >= 15 is 0 Å². The van der Waals surface area contributed by atoms with Crippen LogP contribution in [0.4, 0.5) is 0 Å². The molecule has 1 heterocycles. The maximum atomic E-state index is 12.7. The molecule has 0 bridgehead atoms. The largest absolute Gasteiger partial charge is 0.496 e. The van der Waals surface area contributed by atoms with Crippen molar-refractivity contribution in [2.45, 2.75) is 19.8 Å². The third kappa shape index (κ3) is 5.11. The van der Waals surface area contributed by atoms with Gasteiger partial charge in [-0.15, -0.1) is 12.4 Å². The minimum atomic E-state index is -0.00254. The predicted molar refractivity (Wildman–Crippen MR) is 103 cm³/mol. The van der Waals surface area contributed by atoms with Gasteiger partial charge in [0, 0.05) is 31.7 Å². The molecule has 26 heavy (non-hydrogen) atoms. The Bertz CT molecular complexity index is 641. The summed E-state index contributed by atoms with van der Waals surface area (Å²) in [6, 6.07) is 5.52. The van der Waals surface area contributed by atoms with Crippen molar-refractivity contribution >= 4 is 24.2 Å². The van der Waals surface area contributed by atoms with Gasteiger partial charge in [0.2, 0.25) is 5.91 Å². The molecule has 1 saturated carbocycles. The van der Waals surface area contributed by atoms with E-state index in [4.69, 9.17) is 4.74 Å². The van der Waals surface area contributed by atoms with Crippen molar-refractivity contribution in [3.8, 4) is 5.75 Å². The third-order valence-corrected chi connectivity index (χ3v) is 4.98. The molecule has 144 valence electrons. The lowest BCUT2D eigenvalue weighted by Gasteiger charge is -2.35. The number of hydrogen-bond donors (Lipinski definition) is 1. The van der Waals surface area contributed by atoms with Gasteiger partial charge in [0.15, 0.2) is 0 Å². The molecule has 0 spiro atoms. The fraction of sp³-hybridized carbons (Fsp3) is 0.579. The van der Waals surface area contributed by atoms with E-state index in [9.17, 15) is 9.59 Å². The monoisotopic (exact) mass is 381 g/mol. The number of methoxy groups -OCH3 is 1. The van der Waals surface area contributed by atoms with E-state index in [1.165, 1.54) is 12.8 Å². The fourth-order valence-corrected chi connectivity index (χ4v) is 3.11. The third-order valence-electron chi connectivity index (χ3n) is 4.98. The van der Waals surface area contributed by atoms with Crippen molar-refractivity contribution in [2.75, 3.05) is 46.4 Å². The lowest BCUT2D eigenvalue weighted by molar-refractivity contribution is -0.131. The Morgan fingerprint density at radius 3 is 2.42 bits per heavy atom. The van der Waals surface area contributed by atoms with Crippen LogP contribution in [0.15, 0.2) is 18.2 Å². The van der Waals surface area contributed by atoms with E-state index in [1.807, 2.05) is 28.9 Å². The minimum Gasteiger partial charge on any atom is -0.496 e. The molecule has 3 rings (SSSR count). The van der Waals surface area contributed by atoms with Gasteiger partial charge in [-0.05, 0) is 49.9 Å². The lowest BCUT2D eigenvalue weighted by atomic mass is 10.1. The number of amides is 2. The zero-order valence-corrected chi connectivity index (χ0v) is 16.3. The first kappa shape index (κ1) is 20.5. The summed E-state index contributed by atoms with van der Waals surface area (Å²) in [5.74, 6) is 1.62. The highest BCUT2D eigenvalue weighted by atomic mass is 35.5. The molecular weight excluding hydrogens is 354 g/mol. The van der Waals surface area contributed by atoms with Crippen LogP contribution >= 0.6 is 12.4 Å². The van der Waals surface area contributed by atoms with Gasteiger partial charge in [-0.1, -0.05) is 6.07 Å². The molecule has 0 aromatic heterocycles. The summed E-state index contributed by atoms with van der Waals surface area (Å²) < 4.78 is 5.30. The van der Waals surface area contributed by atoms with Crippen LogP contribution in [0.1, 0.15) is 28.8 Å². The van der Waals surface area contributed by atoms with Gasteiger partial charge < -0.3 is 19.9 Å². The Morgan fingerprint density at radius 2 is 1.81 bits per heavy atom. The average molecular weight is 382 g/mol. The number of halogens is 1. The van der Waals surface area contributed by atoms with Gasteiger partial charge in [0.25, 0.3) is 5.91 Å².